The highest BCUT2D eigenvalue weighted by Gasteiger charge is 2.39. The highest BCUT2D eigenvalue weighted by Crippen LogP contribution is 2.30. The molecular formula is C26H30Cl2N2O8S. The number of nitrogens with one attached hydrogen (secondary N) is 1. The molecule has 39 heavy (non-hydrogen) atoms. The third kappa shape index (κ3) is 8.58. The number of ketones is 1. The molecule has 10 nitrogen and oxygen atoms in total. The number of phenolic OH excluding ortho intramolecular Hbond substituents is 1. The Labute approximate surface area is 237 Å². The van der Waals surface area contributed by atoms with E-state index in [-0.39, 0.29) is 46.0 Å². The average molecular weight is 602 g/mol. The molecule has 0 saturated carbocycles. The minimum absolute atomic E-state index is 0.00317. The van der Waals surface area contributed by atoms with Gasteiger partial charge in [-0.2, -0.15) is 4.31 Å². The molecular weight excluding hydrogens is 571 g/mol. The number of carboxylic acid groups (broad SMARTS) is 1. The zero-order valence-corrected chi connectivity index (χ0v) is 23.9. The fourth-order valence-electron chi connectivity index (χ4n) is 3.90. The Morgan fingerprint density at radius 2 is 1.77 bits per heavy atom. The highest BCUT2D eigenvalue weighted by atomic mass is 35.5. The number of aliphatic carboxylic acids is 1. The summed E-state index contributed by atoms with van der Waals surface area (Å²) in [5.74, 6) is -2.11. The van der Waals surface area contributed by atoms with Crippen LogP contribution in [0.4, 0.5) is 0 Å². The average Bonchev–Trinajstić information content (AvgIpc) is 3.32. The van der Waals surface area contributed by atoms with Crippen LogP contribution in [-0.4, -0.2) is 58.9 Å². The predicted octanol–water partition coefficient (Wildman–Crippen LogP) is 4.29. The lowest BCUT2D eigenvalue weighted by atomic mass is 10.1. The lowest BCUT2D eigenvalue weighted by Gasteiger charge is -2.25. The van der Waals surface area contributed by atoms with Gasteiger partial charge in [0, 0.05) is 23.0 Å². The molecule has 0 radical (unpaired) electrons. The molecule has 1 fully saturated rings. The third-order valence-corrected chi connectivity index (χ3v) is 7.94. The van der Waals surface area contributed by atoms with Gasteiger partial charge in [-0.15, -0.1) is 5.48 Å². The van der Waals surface area contributed by atoms with Gasteiger partial charge in [0.05, 0.1) is 17.0 Å². The Kier molecular flexibility index (Phi) is 9.89. The Morgan fingerprint density at radius 1 is 1.15 bits per heavy atom. The Bertz CT molecular complexity index is 1320. The van der Waals surface area contributed by atoms with Crippen LogP contribution in [0.3, 0.4) is 0 Å². The van der Waals surface area contributed by atoms with Crippen molar-refractivity contribution in [2.45, 2.75) is 62.6 Å². The van der Waals surface area contributed by atoms with Crippen LogP contribution in [-0.2, 0) is 35.6 Å². The van der Waals surface area contributed by atoms with Crippen LogP contribution in [0.25, 0.3) is 0 Å². The van der Waals surface area contributed by atoms with Crippen LogP contribution in [0.1, 0.15) is 39.2 Å². The topological polar surface area (TPSA) is 142 Å². The molecule has 1 aliphatic heterocycles. The first-order chi connectivity index (χ1) is 18.2. The van der Waals surface area contributed by atoms with Gasteiger partial charge in [-0.1, -0.05) is 35.3 Å². The van der Waals surface area contributed by atoms with Gasteiger partial charge in [-0.3, -0.25) is 9.59 Å². The maximum absolute atomic E-state index is 13.3. The monoisotopic (exact) mass is 600 g/mol. The number of nitrogens with zero attached hydrogens (tertiary/aromatic N) is 1. The molecule has 3 rings (SSSR count). The molecule has 3 N–H and O–H groups in total. The lowest BCUT2D eigenvalue weighted by molar-refractivity contribution is -0.146. The number of ether oxygens (including phenoxy) is 1. The van der Waals surface area contributed by atoms with Gasteiger partial charge in [0.1, 0.15) is 17.4 Å². The number of sulfonamides is 1. The van der Waals surface area contributed by atoms with Crippen LogP contribution in [0, 0.1) is 0 Å². The van der Waals surface area contributed by atoms with Gasteiger partial charge < -0.3 is 19.8 Å². The van der Waals surface area contributed by atoms with E-state index >= 15 is 0 Å². The van der Waals surface area contributed by atoms with Crippen molar-refractivity contribution in [3.63, 3.8) is 0 Å². The van der Waals surface area contributed by atoms with E-state index in [9.17, 15) is 28.2 Å². The minimum Gasteiger partial charge on any atom is -0.508 e. The first-order valence-corrected chi connectivity index (χ1v) is 14.2. The van der Waals surface area contributed by atoms with E-state index in [0.29, 0.717) is 12.0 Å². The number of carbonyl (C=O) groups excluding carboxylic acids is 1. The Hall–Kier alpha value is -2.83. The summed E-state index contributed by atoms with van der Waals surface area (Å²) < 4.78 is 33.5. The summed E-state index contributed by atoms with van der Waals surface area (Å²) in [7, 11) is -4.10. The summed E-state index contributed by atoms with van der Waals surface area (Å²) in [5.41, 5.74) is 2.19. The number of phenols is 1. The second-order valence-electron chi connectivity index (χ2n) is 9.94. The second-order valence-corrected chi connectivity index (χ2v) is 12.7. The van der Waals surface area contributed by atoms with Gasteiger partial charge in [0.15, 0.2) is 5.78 Å². The summed E-state index contributed by atoms with van der Waals surface area (Å²) in [4.78, 5) is 30.4. The number of hydroxylamine groups is 1. The Balaban J connectivity index is 1.82. The largest absolute Gasteiger partial charge is 0.508 e. The van der Waals surface area contributed by atoms with Gasteiger partial charge in [0.25, 0.3) is 0 Å². The number of carbonyl (C=O) groups is 2. The van der Waals surface area contributed by atoms with Crippen molar-refractivity contribution in [2.75, 3.05) is 6.54 Å². The smallest absolute Gasteiger partial charge is 0.324 e. The van der Waals surface area contributed by atoms with Crippen molar-refractivity contribution in [3.8, 4) is 5.75 Å². The summed E-state index contributed by atoms with van der Waals surface area (Å²) in [5, 5.41) is 19.4. The van der Waals surface area contributed by atoms with Crippen molar-refractivity contribution in [3.05, 3.63) is 70.1 Å². The van der Waals surface area contributed by atoms with Crippen LogP contribution in [0.5, 0.6) is 5.75 Å². The number of benzene rings is 2. The molecule has 1 saturated heterocycles. The van der Waals surface area contributed by atoms with E-state index in [1.807, 2.05) is 0 Å². The molecule has 0 aromatic heterocycles. The standard InChI is InChI=1S/C26H30Cl2N2O8S/c1-26(2,3)37-24(38-29-21(25(33)34)11-16-6-8-19(31)9-7-16)15-23(32)22-5-4-10-30(22)39(35,36)20-13-17(27)12-18(28)14-20/h6-9,12-15,21-22,29,31H,4-5,10-11H2,1-3H3,(H,33,34)/t21-,22-/m0/s1. The van der Waals surface area contributed by atoms with Crippen LogP contribution < -0.4 is 5.48 Å². The van der Waals surface area contributed by atoms with E-state index < -0.39 is 39.5 Å². The first-order valence-electron chi connectivity index (χ1n) is 12.0. The van der Waals surface area contributed by atoms with Gasteiger partial charge >= 0.3 is 11.9 Å². The van der Waals surface area contributed by atoms with Crippen molar-refractivity contribution in [1.29, 1.82) is 0 Å². The number of carboxylic acids is 1. The SMILES string of the molecule is CC(C)(C)OC(=CC(=O)[C@@H]1CCCN1S(=O)(=O)c1cc(Cl)cc(Cl)c1)ON[C@@H](Cc1ccc(O)cc1)C(=O)O. The molecule has 212 valence electrons. The fourth-order valence-corrected chi connectivity index (χ4v) is 6.29. The molecule has 13 heteroatoms. The number of hydrogen-bond donors (Lipinski definition) is 3. The zero-order valence-electron chi connectivity index (χ0n) is 21.6. The molecule has 2 aromatic rings. The van der Waals surface area contributed by atoms with Crippen LogP contribution in [0.2, 0.25) is 10.0 Å². The Morgan fingerprint density at radius 3 is 2.33 bits per heavy atom. The van der Waals surface area contributed by atoms with Crippen molar-refractivity contribution in [1.82, 2.24) is 9.79 Å². The number of halogens is 2. The quantitative estimate of drug-likeness (QED) is 0.195. The highest BCUT2D eigenvalue weighted by molar-refractivity contribution is 7.89. The van der Waals surface area contributed by atoms with Crippen LogP contribution >= 0.6 is 23.2 Å². The summed E-state index contributed by atoms with van der Waals surface area (Å²) in [6.45, 7) is 5.22. The summed E-state index contributed by atoms with van der Waals surface area (Å²) in [6.07, 6.45) is 1.72. The number of aromatic hydroxyl groups is 1. The molecule has 2 aromatic carbocycles. The normalized spacial score (nSPS) is 17.6. The van der Waals surface area contributed by atoms with E-state index in [2.05, 4.69) is 5.48 Å². The molecule has 1 aliphatic rings. The van der Waals surface area contributed by atoms with E-state index in [0.717, 1.165) is 10.4 Å². The van der Waals surface area contributed by atoms with Crippen LogP contribution in [0.15, 0.2) is 59.4 Å². The van der Waals surface area contributed by atoms with Crippen molar-refractivity contribution < 1.29 is 37.8 Å². The predicted molar refractivity (Wildman–Crippen MR) is 145 cm³/mol. The molecule has 0 aliphatic carbocycles. The summed E-state index contributed by atoms with van der Waals surface area (Å²) >= 11 is 12.0. The molecule has 0 amide bonds. The van der Waals surface area contributed by atoms with E-state index in [1.165, 1.54) is 30.3 Å². The minimum atomic E-state index is -4.10. The third-order valence-electron chi connectivity index (χ3n) is 5.62. The van der Waals surface area contributed by atoms with Gasteiger partial charge in [-0.05, 0) is 69.5 Å². The van der Waals surface area contributed by atoms with Gasteiger partial charge in [0.2, 0.25) is 10.0 Å². The van der Waals surface area contributed by atoms with Crippen molar-refractivity contribution in [2.24, 2.45) is 0 Å². The second kappa shape index (κ2) is 12.6. The van der Waals surface area contributed by atoms with Crippen molar-refractivity contribution >= 4 is 45.0 Å². The maximum atomic E-state index is 13.3. The molecule has 1 heterocycles. The first kappa shape index (κ1) is 30.7. The molecule has 0 unspecified atom stereocenters. The lowest BCUT2D eigenvalue weighted by Crippen LogP contribution is -2.41. The fraction of sp³-hybridized carbons (Fsp3) is 0.385. The maximum Gasteiger partial charge on any atom is 0.324 e. The number of hydrogen-bond acceptors (Lipinski definition) is 8. The molecule has 0 bridgehead atoms. The number of rotatable bonds is 11. The molecule has 2 atom stereocenters. The van der Waals surface area contributed by atoms with E-state index in [4.69, 9.17) is 32.8 Å². The summed E-state index contributed by atoms with van der Waals surface area (Å²) in [6, 6.07) is 7.67. The van der Waals surface area contributed by atoms with Gasteiger partial charge in [-0.25, -0.2) is 8.42 Å². The molecule has 0 spiro atoms. The van der Waals surface area contributed by atoms with E-state index in [1.54, 1.807) is 32.9 Å². The zero-order chi connectivity index (χ0) is 29.0.